The summed E-state index contributed by atoms with van der Waals surface area (Å²) in [6.45, 7) is 0.431. The summed E-state index contributed by atoms with van der Waals surface area (Å²) < 4.78 is 3.59. The van der Waals surface area contributed by atoms with Crippen LogP contribution in [-0.4, -0.2) is 35.7 Å². The Hall–Kier alpha value is -3.03. The van der Waals surface area contributed by atoms with Crippen molar-refractivity contribution in [2.45, 2.75) is 31.5 Å². The Kier molecular flexibility index (Phi) is 3.78. The van der Waals surface area contributed by atoms with Gasteiger partial charge < -0.3 is 9.88 Å². The van der Waals surface area contributed by atoms with E-state index in [9.17, 15) is 4.79 Å². The summed E-state index contributed by atoms with van der Waals surface area (Å²) >= 11 is 0. The standard InChI is InChI=1S/C16H17N7O/c24-16(18-9-14-8-17-10-22(14)13-6-7-13)15(23-11-19-20-21-23)12-4-2-1-3-5-12/h1-5,8,10-11,13,15H,6-7,9H2,(H,18,24)/t15-/m0/s1. The largest absolute Gasteiger partial charge is 0.348 e. The molecule has 4 rings (SSSR count). The fourth-order valence-electron chi connectivity index (χ4n) is 2.77. The van der Waals surface area contributed by atoms with Crippen LogP contribution in [0.3, 0.4) is 0 Å². The highest BCUT2D eigenvalue weighted by atomic mass is 16.2. The predicted octanol–water partition coefficient (Wildman–Crippen LogP) is 1.11. The Morgan fingerprint density at radius 1 is 1.25 bits per heavy atom. The molecule has 0 aliphatic heterocycles. The molecular formula is C16H17N7O. The van der Waals surface area contributed by atoms with Crippen LogP contribution in [0.1, 0.15) is 36.2 Å². The number of nitrogens with one attached hydrogen (secondary N) is 1. The lowest BCUT2D eigenvalue weighted by molar-refractivity contribution is -0.123. The number of benzene rings is 1. The summed E-state index contributed by atoms with van der Waals surface area (Å²) in [5.41, 5.74) is 1.84. The molecule has 1 aliphatic rings. The van der Waals surface area contributed by atoms with Crippen molar-refractivity contribution in [2.75, 3.05) is 0 Å². The number of hydrogen-bond acceptors (Lipinski definition) is 5. The minimum absolute atomic E-state index is 0.156. The van der Waals surface area contributed by atoms with Crippen LogP contribution in [0.4, 0.5) is 0 Å². The molecule has 1 saturated carbocycles. The van der Waals surface area contributed by atoms with E-state index in [0.717, 1.165) is 11.3 Å². The SMILES string of the molecule is O=C(NCc1cncn1C1CC1)[C@H](c1ccccc1)n1cnnn1. The van der Waals surface area contributed by atoms with Crippen molar-refractivity contribution in [2.24, 2.45) is 0 Å². The van der Waals surface area contributed by atoms with Crippen LogP contribution in [0.5, 0.6) is 0 Å². The smallest absolute Gasteiger partial charge is 0.249 e. The molecule has 0 radical (unpaired) electrons. The Morgan fingerprint density at radius 3 is 2.79 bits per heavy atom. The molecule has 2 aromatic heterocycles. The van der Waals surface area contributed by atoms with Gasteiger partial charge >= 0.3 is 0 Å². The van der Waals surface area contributed by atoms with Gasteiger partial charge in [-0.05, 0) is 28.8 Å². The predicted molar refractivity (Wildman–Crippen MR) is 84.7 cm³/mol. The van der Waals surface area contributed by atoms with Crippen molar-refractivity contribution < 1.29 is 4.79 Å². The van der Waals surface area contributed by atoms with Crippen LogP contribution in [0.2, 0.25) is 0 Å². The second-order valence-electron chi connectivity index (χ2n) is 5.84. The molecule has 1 aliphatic carbocycles. The molecular weight excluding hydrogens is 306 g/mol. The van der Waals surface area contributed by atoms with Gasteiger partial charge in [0.2, 0.25) is 5.91 Å². The second-order valence-corrected chi connectivity index (χ2v) is 5.84. The Balaban J connectivity index is 1.52. The van der Waals surface area contributed by atoms with E-state index >= 15 is 0 Å². The third-order valence-electron chi connectivity index (χ3n) is 4.12. The van der Waals surface area contributed by atoms with Gasteiger partial charge in [0.25, 0.3) is 0 Å². The zero-order chi connectivity index (χ0) is 16.4. The average molecular weight is 323 g/mol. The highest BCUT2D eigenvalue weighted by Crippen LogP contribution is 2.35. The zero-order valence-corrected chi connectivity index (χ0v) is 13.0. The van der Waals surface area contributed by atoms with Crippen LogP contribution in [0.25, 0.3) is 0 Å². The molecule has 0 unspecified atom stereocenters. The molecule has 8 nitrogen and oxygen atoms in total. The van der Waals surface area contributed by atoms with Gasteiger partial charge in [-0.15, -0.1) is 5.10 Å². The molecule has 0 spiro atoms. The van der Waals surface area contributed by atoms with E-state index in [1.54, 1.807) is 6.20 Å². The van der Waals surface area contributed by atoms with E-state index in [-0.39, 0.29) is 5.91 Å². The van der Waals surface area contributed by atoms with Crippen molar-refractivity contribution in [3.63, 3.8) is 0 Å². The van der Waals surface area contributed by atoms with Crippen LogP contribution >= 0.6 is 0 Å². The number of tetrazole rings is 1. The highest BCUT2D eigenvalue weighted by molar-refractivity contribution is 5.83. The number of imidazole rings is 1. The summed E-state index contributed by atoms with van der Waals surface area (Å²) in [5.74, 6) is -0.156. The average Bonchev–Trinajstić information content (AvgIpc) is 3.11. The maximum Gasteiger partial charge on any atom is 0.249 e. The van der Waals surface area contributed by atoms with Gasteiger partial charge in [0.15, 0.2) is 6.04 Å². The van der Waals surface area contributed by atoms with Crippen molar-refractivity contribution >= 4 is 5.91 Å². The van der Waals surface area contributed by atoms with E-state index in [0.29, 0.717) is 12.6 Å². The zero-order valence-electron chi connectivity index (χ0n) is 13.0. The van der Waals surface area contributed by atoms with Crippen LogP contribution in [0, 0.1) is 0 Å². The molecule has 1 amide bonds. The van der Waals surface area contributed by atoms with E-state index < -0.39 is 6.04 Å². The summed E-state index contributed by atoms with van der Waals surface area (Å²) in [6.07, 6.45) is 7.43. The van der Waals surface area contributed by atoms with Crippen molar-refractivity contribution in [3.05, 3.63) is 60.4 Å². The summed E-state index contributed by atoms with van der Waals surface area (Å²) in [5, 5.41) is 14.2. The molecule has 1 aromatic carbocycles. The van der Waals surface area contributed by atoms with Gasteiger partial charge in [0, 0.05) is 12.2 Å². The summed E-state index contributed by atoms with van der Waals surface area (Å²) in [4.78, 5) is 17.0. The molecule has 2 heterocycles. The third kappa shape index (κ3) is 2.90. The molecule has 3 aromatic rings. The molecule has 122 valence electrons. The first kappa shape index (κ1) is 14.6. The minimum atomic E-state index is -0.599. The van der Waals surface area contributed by atoms with Gasteiger partial charge in [-0.25, -0.2) is 9.67 Å². The molecule has 1 N–H and O–H groups in total. The molecule has 8 heteroatoms. The first-order valence-corrected chi connectivity index (χ1v) is 7.89. The van der Waals surface area contributed by atoms with Crippen LogP contribution < -0.4 is 5.32 Å². The van der Waals surface area contributed by atoms with E-state index in [4.69, 9.17) is 0 Å². The molecule has 0 saturated heterocycles. The minimum Gasteiger partial charge on any atom is -0.348 e. The lowest BCUT2D eigenvalue weighted by Gasteiger charge is -2.17. The summed E-state index contributed by atoms with van der Waals surface area (Å²) in [7, 11) is 0. The quantitative estimate of drug-likeness (QED) is 0.734. The van der Waals surface area contributed by atoms with E-state index in [1.165, 1.54) is 23.9 Å². The number of nitrogens with zero attached hydrogens (tertiary/aromatic N) is 6. The Labute approximate surface area is 138 Å². The van der Waals surface area contributed by atoms with Gasteiger partial charge in [-0.2, -0.15) is 0 Å². The van der Waals surface area contributed by atoms with E-state index in [1.807, 2.05) is 36.7 Å². The second kappa shape index (κ2) is 6.23. The van der Waals surface area contributed by atoms with Gasteiger partial charge in [0.1, 0.15) is 6.33 Å². The maximum atomic E-state index is 12.8. The van der Waals surface area contributed by atoms with Crippen molar-refractivity contribution in [1.29, 1.82) is 0 Å². The molecule has 0 bridgehead atoms. The van der Waals surface area contributed by atoms with Crippen molar-refractivity contribution in [1.82, 2.24) is 35.1 Å². The number of aromatic nitrogens is 6. The monoisotopic (exact) mass is 323 g/mol. The van der Waals surface area contributed by atoms with Crippen LogP contribution in [0.15, 0.2) is 49.2 Å². The first-order chi connectivity index (χ1) is 11.8. The number of rotatable bonds is 6. The normalized spacial score (nSPS) is 15.2. The Morgan fingerprint density at radius 2 is 2.08 bits per heavy atom. The fraction of sp³-hybridized carbons (Fsp3) is 0.312. The molecule has 1 atom stereocenters. The van der Waals surface area contributed by atoms with Crippen molar-refractivity contribution in [3.8, 4) is 0 Å². The Bertz CT molecular complexity index is 808. The maximum absolute atomic E-state index is 12.8. The number of carbonyl (C=O) groups is 1. The lowest BCUT2D eigenvalue weighted by Crippen LogP contribution is -2.33. The summed E-state index contributed by atoms with van der Waals surface area (Å²) in [6, 6.07) is 9.40. The third-order valence-corrected chi connectivity index (χ3v) is 4.12. The van der Waals surface area contributed by atoms with Gasteiger partial charge in [-0.1, -0.05) is 30.3 Å². The van der Waals surface area contributed by atoms with Gasteiger partial charge in [0.05, 0.1) is 18.6 Å². The van der Waals surface area contributed by atoms with Crippen LogP contribution in [-0.2, 0) is 11.3 Å². The van der Waals surface area contributed by atoms with Gasteiger partial charge in [-0.3, -0.25) is 4.79 Å². The first-order valence-electron chi connectivity index (χ1n) is 7.89. The number of amides is 1. The van der Waals surface area contributed by atoms with E-state index in [2.05, 4.69) is 30.4 Å². The number of hydrogen-bond donors (Lipinski definition) is 1. The highest BCUT2D eigenvalue weighted by Gasteiger charge is 2.27. The topological polar surface area (TPSA) is 90.5 Å². The fourth-order valence-corrected chi connectivity index (χ4v) is 2.77. The molecule has 24 heavy (non-hydrogen) atoms. The number of carbonyl (C=O) groups excluding carboxylic acids is 1. The lowest BCUT2D eigenvalue weighted by atomic mass is 10.1. The molecule has 1 fully saturated rings.